The van der Waals surface area contributed by atoms with Crippen molar-refractivity contribution < 1.29 is 13.9 Å². The van der Waals surface area contributed by atoms with Gasteiger partial charge in [0.2, 0.25) is 0 Å². The van der Waals surface area contributed by atoms with Crippen molar-refractivity contribution in [3.63, 3.8) is 0 Å². The Morgan fingerprint density at radius 2 is 1.97 bits per heavy atom. The van der Waals surface area contributed by atoms with Crippen molar-refractivity contribution in [2.75, 3.05) is 11.9 Å². The number of nitrogens with one attached hydrogen (secondary N) is 1. The summed E-state index contributed by atoms with van der Waals surface area (Å²) in [5.74, 6) is -0.0180. The van der Waals surface area contributed by atoms with Crippen molar-refractivity contribution in [3.8, 4) is 11.4 Å². The summed E-state index contributed by atoms with van der Waals surface area (Å²) in [7, 11) is 0. The normalized spacial score (nSPS) is 12.6. The zero-order chi connectivity index (χ0) is 20.2. The quantitative estimate of drug-likeness (QED) is 0.579. The second kappa shape index (κ2) is 8.47. The molecule has 1 aliphatic carbocycles. The minimum absolute atomic E-state index is 0.301. The highest BCUT2D eigenvalue weighted by molar-refractivity contribution is 6.05. The van der Waals surface area contributed by atoms with Gasteiger partial charge in [-0.05, 0) is 49.9 Å². The Morgan fingerprint density at radius 1 is 1.17 bits per heavy atom. The molecule has 6 heteroatoms. The lowest BCUT2D eigenvalue weighted by Crippen LogP contribution is -2.16. The zero-order valence-electron chi connectivity index (χ0n) is 16.5. The minimum atomic E-state index is -0.355. The number of hydrogen-bond donors (Lipinski definition) is 1. The van der Waals surface area contributed by atoms with Crippen LogP contribution in [0, 0.1) is 5.82 Å². The summed E-state index contributed by atoms with van der Waals surface area (Å²) in [6.07, 6.45) is 4.46. The Balaban J connectivity index is 1.63. The molecule has 0 saturated carbocycles. The molecule has 0 unspecified atom stereocenters. The largest absolute Gasteiger partial charge is 0.491 e. The van der Waals surface area contributed by atoms with E-state index >= 15 is 0 Å². The smallest absolute Gasteiger partial charge is 0.276 e. The van der Waals surface area contributed by atoms with Crippen LogP contribution in [0.1, 0.15) is 47.9 Å². The molecule has 1 aromatic heterocycles. The van der Waals surface area contributed by atoms with E-state index in [9.17, 15) is 9.18 Å². The molecule has 0 spiro atoms. The molecule has 29 heavy (non-hydrogen) atoms. The number of ether oxygens (including phenoxy) is 1. The van der Waals surface area contributed by atoms with E-state index in [2.05, 4.69) is 17.3 Å². The number of para-hydroxylation sites is 3. The van der Waals surface area contributed by atoms with Gasteiger partial charge in [0, 0.05) is 11.3 Å². The number of anilines is 1. The van der Waals surface area contributed by atoms with Gasteiger partial charge in [0.15, 0.2) is 5.69 Å². The van der Waals surface area contributed by atoms with Gasteiger partial charge in [0.25, 0.3) is 5.91 Å². The van der Waals surface area contributed by atoms with Crippen molar-refractivity contribution >= 4 is 11.6 Å². The molecule has 0 bridgehead atoms. The number of benzene rings is 2. The van der Waals surface area contributed by atoms with Gasteiger partial charge in [-0.15, -0.1) is 0 Å². The van der Waals surface area contributed by atoms with Crippen molar-refractivity contribution in [2.45, 2.75) is 39.0 Å². The number of aromatic nitrogens is 2. The van der Waals surface area contributed by atoms with Crippen LogP contribution in [-0.2, 0) is 12.8 Å². The monoisotopic (exact) mass is 393 g/mol. The lowest BCUT2D eigenvalue weighted by atomic mass is 10.2. The molecule has 0 fully saturated rings. The van der Waals surface area contributed by atoms with Gasteiger partial charge in [-0.25, -0.2) is 9.07 Å². The number of carbonyl (C=O) groups is 1. The second-order valence-electron chi connectivity index (χ2n) is 7.14. The summed E-state index contributed by atoms with van der Waals surface area (Å²) in [4.78, 5) is 13.0. The highest BCUT2D eigenvalue weighted by Crippen LogP contribution is 2.30. The number of nitrogens with zero attached hydrogens (tertiary/aromatic N) is 2. The van der Waals surface area contributed by atoms with E-state index in [1.54, 1.807) is 22.9 Å². The highest BCUT2D eigenvalue weighted by atomic mass is 19.1. The van der Waals surface area contributed by atoms with Gasteiger partial charge in [0.05, 0.1) is 12.3 Å². The predicted molar refractivity (Wildman–Crippen MR) is 110 cm³/mol. The number of amides is 1. The fraction of sp³-hybridized carbons (Fsp3) is 0.304. The zero-order valence-corrected chi connectivity index (χ0v) is 16.5. The van der Waals surface area contributed by atoms with Crippen LogP contribution in [0.2, 0.25) is 0 Å². The third-order valence-corrected chi connectivity index (χ3v) is 5.12. The van der Waals surface area contributed by atoms with E-state index in [0.29, 0.717) is 29.4 Å². The Labute approximate surface area is 169 Å². The highest BCUT2D eigenvalue weighted by Gasteiger charge is 2.28. The molecule has 3 aromatic rings. The molecule has 1 N–H and O–H groups in total. The molecule has 1 heterocycles. The Kier molecular flexibility index (Phi) is 5.60. The number of carbonyl (C=O) groups excluding carboxylic acids is 1. The average molecular weight is 393 g/mol. The summed E-state index contributed by atoms with van der Waals surface area (Å²) in [5, 5.41) is 7.42. The third kappa shape index (κ3) is 3.88. The van der Waals surface area contributed by atoms with Crippen LogP contribution in [0.25, 0.3) is 5.69 Å². The SMILES string of the molecule is CCCCOc1ccccc1NC(=O)c1nn(-c2ccccc2F)c2c1CCC2. The lowest BCUT2D eigenvalue weighted by Gasteiger charge is -2.12. The maximum atomic E-state index is 14.3. The first-order valence-corrected chi connectivity index (χ1v) is 10.1. The fourth-order valence-corrected chi connectivity index (χ4v) is 3.65. The van der Waals surface area contributed by atoms with Crippen molar-refractivity contribution in [1.82, 2.24) is 9.78 Å². The van der Waals surface area contributed by atoms with Crippen LogP contribution >= 0.6 is 0 Å². The topological polar surface area (TPSA) is 56.1 Å². The maximum Gasteiger partial charge on any atom is 0.276 e. The van der Waals surface area contributed by atoms with E-state index in [4.69, 9.17) is 4.74 Å². The standard InChI is InChI=1S/C23H24FN3O2/c1-2-3-15-29-21-14-7-5-11-18(21)25-23(28)22-16-9-8-13-19(16)27(26-22)20-12-6-4-10-17(20)24/h4-7,10-12,14H,2-3,8-9,13,15H2,1H3,(H,25,28). The molecule has 1 amide bonds. The molecule has 4 rings (SSSR count). The number of unbranched alkanes of at least 4 members (excludes halogenated alkanes) is 1. The van der Waals surface area contributed by atoms with Crippen LogP contribution in [0.4, 0.5) is 10.1 Å². The summed E-state index contributed by atoms with van der Waals surface area (Å²) >= 11 is 0. The molecular weight excluding hydrogens is 369 g/mol. The first-order chi connectivity index (χ1) is 14.2. The summed E-state index contributed by atoms with van der Waals surface area (Å²) in [6.45, 7) is 2.70. The molecule has 5 nitrogen and oxygen atoms in total. The molecule has 0 saturated heterocycles. The number of fused-ring (bicyclic) bond motifs is 1. The number of halogens is 1. The maximum absolute atomic E-state index is 14.3. The Hall–Kier alpha value is -3.15. The van der Waals surface area contributed by atoms with Crippen molar-refractivity contribution in [3.05, 3.63) is 71.3 Å². The van der Waals surface area contributed by atoms with Gasteiger partial charge >= 0.3 is 0 Å². The number of hydrogen-bond acceptors (Lipinski definition) is 3. The van der Waals surface area contributed by atoms with Gasteiger partial charge in [-0.3, -0.25) is 4.79 Å². The lowest BCUT2D eigenvalue weighted by molar-refractivity contribution is 0.102. The van der Waals surface area contributed by atoms with Crippen LogP contribution in [0.3, 0.4) is 0 Å². The minimum Gasteiger partial charge on any atom is -0.491 e. The summed E-state index contributed by atoms with van der Waals surface area (Å²) in [5.41, 5.74) is 3.14. The van der Waals surface area contributed by atoms with Crippen LogP contribution in [0.5, 0.6) is 5.75 Å². The van der Waals surface area contributed by atoms with E-state index in [-0.39, 0.29) is 11.7 Å². The van der Waals surface area contributed by atoms with Gasteiger partial charge in [-0.1, -0.05) is 37.6 Å². The molecule has 0 aliphatic heterocycles. The third-order valence-electron chi connectivity index (χ3n) is 5.12. The molecule has 0 atom stereocenters. The molecule has 2 aromatic carbocycles. The predicted octanol–water partition coefficient (Wildman–Crippen LogP) is 4.93. The first-order valence-electron chi connectivity index (χ1n) is 10.1. The average Bonchev–Trinajstić information content (AvgIpc) is 3.33. The number of rotatable bonds is 7. The molecule has 1 aliphatic rings. The van der Waals surface area contributed by atoms with Crippen LogP contribution < -0.4 is 10.1 Å². The fourth-order valence-electron chi connectivity index (χ4n) is 3.65. The van der Waals surface area contributed by atoms with E-state index in [1.165, 1.54) is 6.07 Å². The summed E-state index contributed by atoms with van der Waals surface area (Å²) in [6, 6.07) is 13.9. The van der Waals surface area contributed by atoms with Crippen LogP contribution in [-0.4, -0.2) is 22.3 Å². The van der Waals surface area contributed by atoms with Crippen molar-refractivity contribution in [2.24, 2.45) is 0 Å². The molecule has 0 radical (unpaired) electrons. The van der Waals surface area contributed by atoms with Crippen LogP contribution in [0.15, 0.2) is 48.5 Å². The second-order valence-corrected chi connectivity index (χ2v) is 7.14. The van der Waals surface area contributed by atoms with Gasteiger partial charge in [0.1, 0.15) is 17.3 Å². The van der Waals surface area contributed by atoms with Crippen molar-refractivity contribution in [1.29, 1.82) is 0 Å². The molecular formula is C23H24FN3O2. The van der Waals surface area contributed by atoms with E-state index < -0.39 is 0 Å². The van der Waals surface area contributed by atoms with E-state index in [1.807, 2.05) is 24.3 Å². The Bertz CT molecular complexity index is 1030. The van der Waals surface area contributed by atoms with Gasteiger partial charge in [-0.2, -0.15) is 5.10 Å². The summed E-state index contributed by atoms with van der Waals surface area (Å²) < 4.78 is 21.7. The Morgan fingerprint density at radius 3 is 2.79 bits per heavy atom. The first kappa shape index (κ1) is 19.2. The van der Waals surface area contributed by atoms with Gasteiger partial charge < -0.3 is 10.1 Å². The molecule has 150 valence electrons. The van der Waals surface area contributed by atoms with E-state index in [0.717, 1.165) is 43.4 Å².